The van der Waals surface area contributed by atoms with E-state index in [0.29, 0.717) is 18.7 Å². The monoisotopic (exact) mass is 510 g/mol. The Morgan fingerprint density at radius 1 is 1.14 bits per heavy atom. The number of carbonyl (C=O) groups excluding carboxylic acids is 4. The van der Waals surface area contributed by atoms with Crippen LogP contribution in [0, 0.1) is 0 Å². The molecule has 2 aromatic carbocycles. The molecular formula is C25H30N6O6. The van der Waals surface area contributed by atoms with Crippen molar-refractivity contribution in [3.63, 3.8) is 0 Å². The van der Waals surface area contributed by atoms with Gasteiger partial charge >= 0.3 is 18.1 Å². The van der Waals surface area contributed by atoms with E-state index in [9.17, 15) is 19.2 Å². The molecule has 0 bridgehead atoms. The van der Waals surface area contributed by atoms with Crippen molar-refractivity contribution in [1.29, 1.82) is 0 Å². The first-order valence-corrected chi connectivity index (χ1v) is 11.7. The first-order chi connectivity index (χ1) is 17.9. The Kier molecular flexibility index (Phi) is 9.82. The Bertz CT molecular complexity index is 1110. The zero-order chi connectivity index (χ0) is 26.6. The van der Waals surface area contributed by atoms with Gasteiger partial charge in [0.05, 0.1) is 19.4 Å². The maximum Gasteiger partial charge on any atom is 0.408 e. The summed E-state index contributed by atoms with van der Waals surface area (Å²) in [5.41, 5.74) is 2.25. The molecule has 1 saturated heterocycles. The summed E-state index contributed by atoms with van der Waals surface area (Å²) in [4.78, 5) is 51.3. The number of amides is 4. The van der Waals surface area contributed by atoms with Gasteiger partial charge in [-0.3, -0.25) is 4.79 Å². The molecule has 0 aliphatic carbocycles. The largest absolute Gasteiger partial charge is 0.464 e. The lowest BCUT2D eigenvalue weighted by Crippen LogP contribution is -2.53. The molecule has 2 atom stereocenters. The zero-order valence-corrected chi connectivity index (χ0v) is 20.4. The second-order valence-electron chi connectivity index (χ2n) is 8.07. The fourth-order valence-corrected chi connectivity index (χ4v) is 3.64. The van der Waals surface area contributed by atoms with Crippen LogP contribution in [0.25, 0.3) is 0 Å². The number of esters is 1. The predicted octanol–water partition coefficient (Wildman–Crippen LogP) is 1.24. The van der Waals surface area contributed by atoms with Gasteiger partial charge in [0.15, 0.2) is 0 Å². The van der Waals surface area contributed by atoms with E-state index < -0.39 is 30.2 Å². The van der Waals surface area contributed by atoms with Crippen LogP contribution in [0.4, 0.5) is 15.3 Å². The topological polar surface area (TPSA) is 164 Å². The zero-order valence-electron chi connectivity index (χ0n) is 20.4. The second-order valence-corrected chi connectivity index (χ2v) is 8.07. The Hall–Kier alpha value is -4.61. The lowest BCUT2D eigenvalue weighted by molar-refractivity contribution is -0.145. The van der Waals surface area contributed by atoms with E-state index in [-0.39, 0.29) is 25.7 Å². The molecule has 0 spiro atoms. The van der Waals surface area contributed by atoms with Crippen LogP contribution >= 0.6 is 0 Å². The van der Waals surface area contributed by atoms with E-state index in [0.717, 1.165) is 11.1 Å². The molecule has 5 N–H and O–H groups in total. The molecule has 0 radical (unpaired) electrons. The summed E-state index contributed by atoms with van der Waals surface area (Å²) in [7, 11) is 0. The number of alkyl carbamates (subject to hydrolysis) is 1. The number of benzene rings is 2. The number of hydrogen-bond acceptors (Lipinski definition) is 8. The molecule has 1 heterocycles. The minimum absolute atomic E-state index is 0.0137. The van der Waals surface area contributed by atoms with E-state index in [2.05, 4.69) is 21.1 Å². The maximum atomic E-state index is 12.8. The normalized spacial score (nSPS) is 15.8. The number of nitrogens with one attached hydrogen (secondary N) is 3. The van der Waals surface area contributed by atoms with Crippen molar-refractivity contribution in [2.24, 2.45) is 10.9 Å². The molecule has 1 unspecified atom stereocenters. The number of nitrogens with two attached hydrogens (primary N) is 1. The van der Waals surface area contributed by atoms with E-state index in [1.165, 1.54) is 6.21 Å². The lowest BCUT2D eigenvalue weighted by atomic mass is 10.2. The van der Waals surface area contributed by atoms with Crippen molar-refractivity contribution in [3.05, 3.63) is 65.7 Å². The number of anilines is 1. The standard InChI is InChI=1S/C25H30N6O6/c1-2-36-23(33)21(30-25(35)37-16-18-6-4-3-5-7-18)15-27-24(34)29-20-12-13-31(22(20)32)19-10-8-17(9-11-19)14-28-26/h3-11,14,20-21H,2,12-13,15-16,26H2,1H3,(H,30,35)(H2,27,29,34)/t20?,21-/m0/s1. The van der Waals surface area contributed by atoms with Crippen molar-refractivity contribution in [2.75, 3.05) is 24.6 Å². The molecule has 12 heteroatoms. The van der Waals surface area contributed by atoms with E-state index >= 15 is 0 Å². The smallest absolute Gasteiger partial charge is 0.408 e. The first-order valence-electron chi connectivity index (χ1n) is 11.7. The third-order valence-electron chi connectivity index (χ3n) is 5.48. The summed E-state index contributed by atoms with van der Waals surface area (Å²) >= 11 is 0. The Morgan fingerprint density at radius 3 is 2.54 bits per heavy atom. The summed E-state index contributed by atoms with van der Waals surface area (Å²) in [6, 6.07) is 13.5. The van der Waals surface area contributed by atoms with E-state index in [4.69, 9.17) is 15.3 Å². The molecule has 37 heavy (non-hydrogen) atoms. The number of nitrogens with zero attached hydrogens (tertiary/aromatic N) is 2. The summed E-state index contributed by atoms with van der Waals surface area (Å²) in [6.45, 7) is 1.89. The maximum absolute atomic E-state index is 12.8. The number of rotatable bonds is 10. The van der Waals surface area contributed by atoms with Crippen molar-refractivity contribution >= 4 is 35.9 Å². The molecule has 0 saturated carbocycles. The van der Waals surface area contributed by atoms with Crippen molar-refractivity contribution in [3.8, 4) is 0 Å². The minimum atomic E-state index is -1.18. The predicted molar refractivity (Wildman–Crippen MR) is 136 cm³/mol. The molecule has 3 rings (SSSR count). The third kappa shape index (κ3) is 7.95. The van der Waals surface area contributed by atoms with Crippen LogP contribution in [0.2, 0.25) is 0 Å². The van der Waals surface area contributed by atoms with E-state index in [1.54, 1.807) is 48.2 Å². The Labute approximate surface area is 214 Å². The highest BCUT2D eigenvalue weighted by Gasteiger charge is 2.34. The highest BCUT2D eigenvalue weighted by atomic mass is 16.6. The number of urea groups is 1. The summed E-state index contributed by atoms with van der Waals surface area (Å²) in [5.74, 6) is 4.15. The summed E-state index contributed by atoms with van der Waals surface area (Å²) in [5, 5.41) is 11.0. The second kappa shape index (κ2) is 13.5. The summed E-state index contributed by atoms with van der Waals surface area (Å²) < 4.78 is 10.1. The molecule has 1 aliphatic heterocycles. The molecule has 0 aromatic heterocycles. The molecule has 2 aromatic rings. The Balaban J connectivity index is 1.50. The minimum Gasteiger partial charge on any atom is -0.464 e. The number of ether oxygens (including phenoxy) is 2. The molecule has 4 amide bonds. The number of hydrogen-bond donors (Lipinski definition) is 4. The molecule has 196 valence electrons. The first kappa shape index (κ1) is 27.0. The van der Waals surface area contributed by atoms with E-state index in [1.807, 2.05) is 18.2 Å². The van der Waals surface area contributed by atoms with Gasteiger partial charge in [-0.2, -0.15) is 5.10 Å². The van der Waals surface area contributed by atoms with Crippen LogP contribution in [-0.4, -0.2) is 62.0 Å². The quantitative estimate of drug-likeness (QED) is 0.162. The van der Waals surface area contributed by atoms with Crippen molar-refractivity contribution in [2.45, 2.75) is 32.0 Å². The van der Waals surface area contributed by atoms with Crippen LogP contribution in [-0.2, 0) is 25.7 Å². The van der Waals surface area contributed by atoms with Gasteiger partial charge in [-0.05, 0) is 36.6 Å². The molecular weight excluding hydrogens is 480 g/mol. The van der Waals surface area contributed by atoms with Crippen LogP contribution in [0.1, 0.15) is 24.5 Å². The molecule has 1 fully saturated rings. The highest BCUT2D eigenvalue weighted by molar-refractivity contribution is 6.01. The summed E-state index contributed by atoms with van der Waals surface area (Å²) in [6.07, 6.45) is 1.06. The lowest BCUT2D eigenvalue weighted by Gasteiger charge is -2.19. The highest BCUT2D eigenvalue weighted by Crippen LogP contribution is 2.21. The van der Waals surface area contributed by atoms with Crippen LogP contribution in [0.3, 0.4) is 0 Å². The van der Waals surface area contributed by atoms with Crippen molar-refractivity contribution < 1.29 is 28.7 Å². The third-order valence-corrected chi connectivity index (χ3v) is 5.48. The van der Waals surface area contributed by atoms with Gasteiger partial charge in [0, 0.05) is 12.2 Å². The van der Waals surface area contributed by atoms with Gasteiger partial charge in [0.1, 0.15) is 18.7 Å². The number of hydrazone groups is 1. The molecule has 1 aliphatic rings. The SMILES string of the molecule is CCOC(=O)[C@H](CNC(=O)NC1CCN(c2ccc(C=NN)cc2)C1=O)NC(=O)OCc1ccccc1. The van der Waals surface area contributed by atoms with Gasteiger partial charge in [0.25, 0.3) is 0 Å². The van der Waals surface area contributed by atoms with Gasteiger partial charge < -0.3 is 36.2 Å². The van der Waals surface area contributed by atoms with Gasteiger partial charge in [-0.25, -0.2) is 14.4 Å². The van der Waals surface area contributed by atoms with Gasteiger partial charge in [-0.15, -0.1) is 0 Å². The van der Waals surface area contributed by atoms with Crippen molar-refractivity contribution in [1.82, 2.24) is 16.0 Å². The van der Waals surface area contributed by atoms with Gasteiger partial charge in [0.2, 0.25) is 5.91 Å². The van der Waals surface area contributed by atoms with Gasteiger partial charge in [-0.1, -0.05) is 42.5 Å². The molecule has 12 nitrogen and oxygen atoms in total. The average molecular weight is 511 g/mol. The van der Waals surface area contributed by atoms with Crippen LogP contribution in [0.15, 0.2) is 59.7 Å². The van der Waals surface area contributed by atoms with Crippen LogP contribution < -0.4 is 26.7 Å². The van der Waals surface area contributed by atoms with Crippen LogP contribution in [0.5, 0.6) is 0 Å². The number of carbonyl (C=O) groups is 4. The fourth-order valence-electron chi connectivity index (χ4n) is 3.64. The Morgan fingerprint density at radius 2 is 1.86 bits per heavy atom. The fraction of sp³-hybridized carbons (Fsp3) is 0.320. The average Bonchev–Trinajstić information content (AvgIpc) is 3.26.